The molecule has 0 atom stereocenters. The predicted octanol–water partition coefficient (Wildman–Crippen LogP) is 2.76. The Morgan fingerprint density at radius 3 is 3.06 bits per heavy atom. The molecule has 16 heavy (non-hydrogen) atoms. The molecule has 0 saturated heterocycles. The van der Waals surface area contributed by atoms with Crippen molar-refractivity contribution < 1.29 is 4.74 Å². The third-order valence-corrected chi connectivity index (χ3v) is 3.91. The number of nitrogens with one attached hydrogen (secondary N) is 1. The third kappa shape index (κ3) is 1.30. The lowest BCUT2D eigenvalue weighted by Gasteiger charge is -2.03. The molecular formula is C12H12N2OS. The van der Waals surface area contributed by atoms with Gasteiger partial charge in [-0.1, -0.05) is 6.07 Å². The summed E-state index contributed by atoms with van der Waals surface area (Å²) in [7, 11) is 3.60. The van der Waals surface area contributed by atoms with Crippen LogP contribution in [0.5, 0.6) is 5.75 Å². The average Bonchev–Trinajstić information content (AvgIpc) is 2.85. The van der Waals surface area contributed by atoms with E-state index in [4.69, 9.17) is 4.74 Å². The molecule has 0 radical (unpaired) electrons. The van der Waals surface area contributed by atoms with E-state index < -0.39 is 0 Å². The first kappa shape index (κ1) is 9.66. The van der Waals surface area contributed by atoms with Gasteiger partial charge in [0.2, 0.25) is 0 Å². The van der Waals surface area contributed by atoms with Gasteiger partial charge in [0.05, 0.1) is 12.8 Å². The Bertz CT molecular complexity index is 548. The molecule has 1 heterocycles. The maximum atomic E-state index is 5.25. The number of ether oxygens (including phenoxy) is 1. The first-order valence-electron chi connectivity index (χ1n) is 5.16. The fraction of sp³-hybridized carbons (Fsp3) is 0.250. The van der Waals surface area contributed by atoms with Crippen molar-refractivity contribution in [3.63, 3.8) is 0 Å². The van der Waals surface area contributed by atoms with Gasteiger partial charge >= 0.3 is 0 Å². The zero-order valence-corrected chi connectivity index (χ0v) is 10.0. The van der Waals surface area contributed by atoms with Gasteiger partial charge in [-0.3, -0.25) is 0 Å². The zero-order chi connectivity index (χ0) is 11.1. The summed E-state index contributed by atoms with van der Waals surface area (Å²) < 4.78 is 5.25. The van der Waals surface area contributed by atoms with Crippen molar-refractivity contribution in [3.8, 4) is 17.0 Å². The van der Waals surface area contributed by atoms with E-state index in [2.05, 4.69) is 22.4 Å². The number of fused-ring (bicyclic) bond motifs is 3. The smallest absolute Gasteiger partial charge is 0.183 e. The molecule has 4 heteroatoms. The van der Waals surface area contributed by atoms with Crippen LogP contribution in [0.25, 0.3) is 11.3 Å². The van der Waals surface area contributed by atoms with E-state index in [0.717, 1.165) is 23.0 Å². The predicted molar refractivity (Wildman–Crippen MR) is 66.5 cm³/mol. The van der Waals surface area contributed by atoms with Gasteiger partial charge in [-0.15, -0.1) is 11.3 Å². The summed E-state index contributed by atoms with van der Waals surface area (Å²) in [6, 6.07) is 6.20. The van der Waals surface area contributed by atoms with Crippen molar-refractivity contribution in [2.24, 2.45) is 0 Å². The van der Waals surface area contributed by atoms with Crippen LogP contribution in [0, 0.1) is 0 Å². The summed E-state index contributed by atoms with van der Waals surface area (Å²) in [5, 5.41) is 4.08. The molecule has 1 aliphatic carbocycles. The van der Waals surface area contributed by atoms with Crippen LogP contribution < -0.4 is 10.1 Å². The lowest BCUT2D eigenvalue weighted by atomic mass is 10.1. The SMILES string of the molecule is CNc1nc2c(s1)Cc1ccc(OC)cc1-2. The number of thiazole rings is 1. The molecule has 1 N–H and O–H groups in total. The van der Waals surface area contributed by atoms with Crippen molar-refractivity contribution in [2.75, 3.05) is 19.5 Å². The summed E-state index contributed by atoms with van der Waals surface area (Å²) in [6.45, 7) is 0. The van der Waals surface area contributed by atoms with Crippen molar-refractivity contribution in [3.05, 3.63) is 28.6 Å². The number of anilines is 1. The molecule has 82 valence electrons. The molecule has 1 aliphatic rings. The Kier molecular flexibility index (Phi) is 2.11. The molecule has 0 fully saturated rings. The number of benzene rings is 1. The van der Waals surface area contributed by atoms with E-state index in [-0.39, 0.29) is 0 Å². The Morgan fingerprint density at radius 2 is 2.31 bits per heavy atom. The Hall–Kier alpha value is -1.55. The number of methoxy groups -OCH3 is 1. The monoisotopic (exact) mass is 232 g/mol. The molecule has 2 aromatic rings. The maximum Gasteiger partial charge on any atom is 0.183 e. The largest absolute Gasteiger partial charge is 0.497 e. The van der Waals surface area contributed by atoms with Crippen LogP contribution in [-0.2, 0) is 6.42 Å². The van der Waals surface area contributed by atoms with Crippen molar-refractivity contribution in [1.29, 1.82) is 0 Å². The number of aromatic nitrogens is 1. The van der Waals surface area contributed by atoms with Crippen LogP contribution in [-0.4, -0.2) is 19.1 Å². The van der Waals surface area contributed by atoms with Gasteiger partial charge in [0.15, 0.2) is 5.13 Å². The molecular weight excluding hydrogens is 220 g/mol. The Morgan fingerprint density at radius 1 is 1.44 bits per heavy atom. The van der Waals surface area contributed by atoms with Gasteiger partial charge in [-0.2, -0.15) is 0 Å². The number of hydrogen-bond acceptors (Lipinski definition) is 4. The average molecular weight is 232 g/mol. The van der Waals surface area contributed by atoms with Crippen LogP contribution in [0.3, 0.4) is 0 Å². The second-order valence-electron chi connectivity index (χ2n) is 3.74. The van der Waals surface area contributed by atoms with Crippen molar-refractivity contribution >= 4 is 16.5 Å². The van der Waals surface area contributed by atoms with Crippen LogP contribution in [0.15, 0.2) is 18.2 Å². The second-order valence-corrected chi connectivity index (χ2v) is 4.82. The molecule has 0 aliphatic heterocycles. The molecule has 0 unspecified atom stereocenters. The van der Waals surface area contributed by atoms with Gasteiger partial charge in [0.25, 0.3) is 0 Å². The normalized spacial score (nSPS) is 12.1. The highest BCUT2D eigenvalue weighted by Crippen LogP contribution is 2.42. The quantitative estimate of drug-likeness (QED) is 0.737. The molecule has 0 saturated carbocycles. The van der Waals surface area contributed by atoms with Gasteiger partial charge < -0.3 is 10.1 Å². The topological polar surface area (TPSA) is 34.2 Å². The van der Waals surface area contributed by atoms with Gasteiger partial charge in [0, 0.05) is 23.9 Å². The van der Waals surface area contributed by atoms with Crippen LogP contribution >= 0.6 is 11.3 Å². The highest BCUT2D eigenvalue weighted by Gasteiger charge is 2.23. The second kappa shape index (κ2) is 3.49. The standard InChI is InChI=1S/C12H12N2OS/c1-13-12-14-11-9-6-8(15-2)4-3-7(9)5-10(11)16-12/h3-4,6H,5H2,1-2H3,(H,13,14). The van der Waals surface area contributed by atoms with Gasteiger partial charge in [0.1, 0.15) is 5.75 Å². The lowest BCUT2D eigenvalue weighted by molar-refractivity contribution is 0.415. The van der Waals surface area contributed by atoms with E-state index in [1.54, 1.807) is 18.4 Å². The van der Waals surface area contributed by atoms with E-state index in [1.165, 1.54) is 16.0 Å². The fourth-order valence-corrected chi connectivity index (χ4v) is 2.97. The number of hydrogen-bond donors (Lipinski definition) is 1. The molecule has 0 spiro atoms. The highest BCUT2D eigenvalue weighted by atomic mass is 32.1. The molecule has 1 aromatic heterocycles. The van der Waals surface area contributed by atoms with Crippen molar-refractivity contribution in [2.45, 2.75) is 6.42 Å². The van der Waals surface area contributed by atoms with Crippen LogP contribution in [0.4, 0.5) is 5.13 Å². The van der Waals surface area contributed by atoms with Crippen LogP contribution in [0.2, 0.25) is 0 Å². The van der Waals surface area contributed by atoms with Crippen LogP contribution in [0.1, 0.15) is 10.4 Å². The lowest BCUT2D eigenvalue weighted by Crippen LogP contribution is -1.88. The minimum atomic E-state index is 0.894. The minimum absolute atomic E-state index is 0.894. The summed E-state index contributed by atoms with van der Waals surface area (Å²) in [6.07, 6.45) is 0.994. The molecule has 3 rings (SSSR count). The summed E-state index contributed by atoms with van der Waals surface area (Å²) in [4.78, 5) is 5.92. The summed E-state index contributed by atoms with van der Waals surface area (Å²) >= 11 is 1.73. The highest BCUT2D eigenvalue weighted by molar-refractivity contribution is 7.16. The van der Waals surface area contributed by atoms with E-state index >= 15 is 0 Å². The number of nitrogens with zero attached hydrogens (tertiary/aromatic N) is 1. The first-order valence-corrected chi connectivity index (χ1v) is 5.98. The van der Waals surface area contributed by atoms with Gasteiger partial charge in [-0.05, 0) is 17.7 Å². The summed E-state index contributed by atoms with van der Waals surface area (Å²) in [5.74, 6) is 0.894. The number of rotatable bonds is 2. The molecule has 0 bridgehead atoms. The van der Waals surface area contributed by atoms with E-state index in [9.17, 15) is 0 Å². The fourth-order valence-electron chi connectivity index (χ4n) is 2.02. The Balaban J connectivity index is 2.14. The molecule has 0 amide bonds. The van der Waals surface area contributed by atoms with E-state index in [1.807, 2.05) is 13.1 Å². The Labute approximate surface area is 98.1 Å². The first-order chi connectivity index (χ1) is 7.81. The van der Waals surface area contributed by atoms with Gasteiger partial charge in [-0.25, -0.2) is 4.98 Å². The van der Waals surface area contributed by atoms with E-state index in [0.29, 0.717) is 0 Å². The maximum absolute atomic E-state index is 5.25. The molecule has 3 nitrogen and oxygen atoms in total. The minimum Gasteiger partial charge on any atom is -0.497 e. The zero-order valence-electron chi connectivity index (χ0n) is 9.20. The third-order valence-electron chi connectivity index (χ3n) is 2.83. The molecule has 1 aromatic carbocycles. The summed E-state index contributed by atoms with van der Waals surface area (Å²) in [5.41, 5.74) is 3.67. The van der Waals surface area contributed by atoms with Crippen molar-refractivity contribution in [1.82, 2.24) is 4.98 Å².